The molecule has 0 bridgehead atoms. The number of thiazole rings is 1. The van der Waals surface area contributed by atoms with E-state index in [0.717, 1.165) is 16.1 Å². The molecule has 1 aromatic heterocycles. The van der Waals surface area contributed by atoms with Crippen LogP contribution in [0.25, 0.3) is 10.6 Å². The van der Waals surface area contributed by atoms with Gasteiger partial charge in [0, 0.05) is 16.5 Å². The number of hydrazine groups is 1. The van der Waals surface area contributed by atoms with Crippen molar-refractivity contribution in [2.75, 3.05) is 0 Å². The quantitative estimate of drug-likeness (QED) is 0.710. The Balaban J connectivity index is 1.54. The number of aryl methyl sites for hydroxylation is 1. The Morgan fingerprint density at radius 1 is 1.00 bits per heavy atom. The van der Waals surface area contributed by atoms with Crippen molar-refractivity contribution in [1.82, 2.24) is 15.8 Å². The van der Waals surface area contributed by atoms with Gasteiger partial charge in [-0.1, -0.05) is 48.0 Å². The van der Waals surface area contributed by atoms with E-state index in [-0.39, 0.29) is 18.2 Å². The van der Waals surface area contributed by atoms with E-state index in [1.165, 1.54) is 11.3 Å². The normalized spacial score (nSPS) is 10.3. The number of nitrogens with one attached hydrogen (secondary N) is 2. The van der Waals surface area contributed by atoms with Gasteiger partial charge in [-0.2, -0.15) is 0 Å². The lowest BCUT2D eigenvalue weighted by Gasteiger charge is -2.06. The Kier molecular flexibility index (Phi) is 5.20. The Bertz CT molecular complexity index is 873. The third kappa shape index (κ3) is 4.51. The molecule has 3 rings (SSSR count). The SMILES string of the molecule is Cc1ccc(C(=O)NNC(=O)Cc2csc(-c3ccccc3)n2)cc1. The molecule has 0 spiro atoms. The van der Waals surface area contributed by atoms with Crippen LogP contribution in [0.1, 0.15) is 21.6 Å². The van der Waals surface area contributed by atoms with E-state index in [1.807, 2.05) is 54.8 Å². The fourth-order valence-corrected chi connectivity index (χ4v) is 3.04. The van der Waals surface area contributed by atoms with Crippen LogP contribution in [0.3, 0.4) is 0 Å². The van der Waals surface area contributed by atoms with Gasteiger partial charge >= 0.3 is 0 Å². The van der Waals surface area contributed by atoms with Crippen LogP contribution in [0.4, 0.5) is 0 Å². The average Bonchev–Trinajstić information content (AvgIpc) is 3.09. The van der Waals surface area contributed by atoms with E-state index in [1.54, 1.807) is 12.1 Å². The zero-order valence-electron chi connectivity index (χ0n) is 13.7. The minimum absolute atomic E-state index is 0.109. The van der Waals surface area contributed by atoms with Gasteiger partial charge in [0.25, 0.3) is 5.91 Å². The van der Waals surface area contributed by atoms with Gasteiger partial charge in [-0.05, 0) is 19.1 Å². The first-order valence-electron chi connectivity index (χ1n) is 7.77. The van der Waals surface area contributed by atoms with Gasteiger partial charge in [0.1, 0.15) is 5.01 Å². The number of amides is 2. The number of benzene rings is 2. The molecule has 0 aliphatic carbocycles. The summed E-state index contributed by atoms with van der Waals surface area (Å²) in [5.74, 6) is -0.665. The number of nitrogens with zero attached hydrogens (tertiary/aromatic N) is 1. The van der Waals surface area contributed by atoms with E-state index >= 15 is 0 Å². The minimum atomic E-state index is -0.350. The highest BCUT2D eigenvalue weighted by atomic mass is 32.1. The lowest BCUT2D eigenvalue weighted by atomic mass is 10.1. The van der Waals surface area contributed by atoms with Crippen molar-refractivity contribution in [2.24, 2.45) is 0 Å². The van der Waals surface area contributed by atoms with Gasteiger partial charge in [-0.3, -0.25) is 20.4 Å². The van der Waals surface area contributed by atoms with Crippen molar-refractivity contribution < 1.29 is 9.59 Å². The van der Waals surface area contributed by atoms with Gasteiger partial charge in [0.05, 0.1) is 12.1 Å². The van der Waals surface area contributed by atoms with Gasteiger partial charge < -0.3 is 0 Å². The summed E-state index contributed by atoms with van der Waals surface area (Å²) in [5.41, 5.74) is 8.09. The summed E-state index contributed by atoms with van der Waals surface area (Å²) < 4.78 is 0. The molecule has 3 aromatic rings. The second-order valence-electron chi connectivity index (χ2n) is 5.56. The van der Waals surface area contributed by atoms with E-state index in [4.69, 9.17) is 0 Å². The fourth-order valence-electron chi connectivity index (χ4n) is 2.21. The third-order valence-corrected chi connectivity index (χ3v) is 4.48. The summed E-state index contributed by atoms with van der Waals surface area (Å²) in [7, 11) is 0. The van der Waals surface area contributed by atoms with Crippen molar-refractivity contribution in [3.05, 3.63) is 76.8 Å². The average molecular weight is 351 g/mol. The Labute approximate surface area is 149 Å². The molecule has 2 amide bonds. The molecular formula is C19H17N3O2S. The topological polar surface area (TPSA) is 71.1 Å². The van der Waals surface area contributed by atoms with Crippen LogP contribution < -0.4 is 10.9 Å². The number of aromatic nitrogens is 1. The summed E-state index contributed by atoms with van der Waals surface area (Å²) in [6.45, 7) is 1.95. The fraction of sp³-hybridized carbons (Fsp3) is 0.105. The van der Waals surface area contributed by atoms with Crippen LogP contribution in [-0.4, -0.2) is 16.8 Å². The van der Waals surface area contributed by atoms with Gasteiger partial charge in [-0.25, -0.2) is 4.98 Å². The lowest BCUT2D eigenvalue weighted by Crippen LogP contribution is -2.42. The summed E-state index contributed by atoms with van der Waals surface area (Å²) in [6.07, 6.45) is 0.109. The van der Waals surface area contributed by atoms with Crippen molar-refractivity contribution in [2.45, 2.75) is 13.3 Å². The predicted octanol–water partition coefficient (Wildman–Crippen LogP) is 3.12. The zero-order chi connectivity index (χ0) is 17.6. The molecule has 0 aliphatic heterocycles. The molecule has 0 radical (unpaired) electrons. The smallest absolute Gasteiger partial charge is 0.269 e. The third-order valence-electron chi connectivity index (χ3n) is 3.54. The van der Waals surface area contributed by atoms with Gasteiger partial charge in [-0.15, -0.1) is 11.3 Å². The Morgan fingerprint density at radius 3 is 2.44 bits per heavy atom. The molecule has 0 fully saturated rings. The molecule has 2 N–H and O–H groups in total. The lowest BCUT2D eigenvalue weighted by molar-refractivity contribution is -0.121. The first-order valence-corrected chi connectivity index (χ1v) is 8.65. The molecule has 0 aliphatic rings. The standard InChI is InChI=1S/C19H17N3O2S/c1-13-7-9-14(10-8-13)18(24)22-21-17(23)11-16-12-25-19(20-16)15-5-3-2-4-6-15/h2-10,12H,11H2,1H3,(H,21,23)(H,22,24). The van der Waals surface area contributed by atoms with Crippen molar-refractivity contribution in [1.29, 1.82) is 0 Å². The second kappa shape index (κ2) is 7.72. The molecule has 0 atom stereocenters. The largest absolute Gasteiger partial charge is 0.273 e. The summed E-state index contributed by atoms with van der Waals surface area (Å²) >= 11 is 1.49. The van der Waals surface area contributed by atoms with E-state index in [2.05, 4.69) is 15.8 Å². The van der Waals surface area contributed by atoms with Crippen LogP contribution in [-0.2, 0) is 11.2 Å². The monoisotopic (exact) mass is 351 g/mol. The Morgan fingerprint density at radius 2 is 1.72 bits per heavy atom. The van der Waals surface area contributed by atoms with E-state index in [0.29, 0.717) is 11.3 Å². The van der Waals surface area contributed by atoms with Crippen molar-refractivity contribution in [3.8, 4) is 10.6 Å². The molecular weight excluding hydrogens is 334 g/mol. The van der Waals surface area contributed by atoms with Crippen LogP contribution in [0.15, 0.2) is 60.0 Å². The molecule has 25 heavy (non-hydrogen) atoms. The first kappa shape index (κ1) is 16.9. The van der Waals surface area contributed by atoms with Gasteiger partial charge in [0.15, 0.2) is 0 Å². The Hall–Kier alpha value is -2.99. The molecule has 6 heteroatoms. The molecule has 2 aromatic carbocycles. The molecule has 1 heterocycles. The van der Waals surface area contributed by atoms with Crippen molar-refractivity contribution in [3.63, 3.8) is 0 Å². The van der Waals surface area contributed by atoms with Crippen LogP contribution >= 0.6 is 11.3 Å². The predicted molar refractivity (Wildman–Crippen MR) is 98.0 cm³/mol. The number of hydrogen-bond acceptors (Lipinski definition) is 4. The number of hydrogen-bond donors (Lipinski definition) is 2. The van der Waals surface area contributed by atoms with Crippen molar-refractivity contribution >= 4 is 23.2 Å². The number of carbonyl (C=O) groups excluding carboxylic acids is 2. The number of rotatable bonds is 4. The molecule has 0 unspecified atom stereocenters. The van der Waals surface area contributed by atoms with Crippen LogP contribution in [0.2, 0.25) is 0 Å². The van der Waals surface area contributed by atoms with E-state index < -0.39 is 0 Å². The van der Waals surface area contributed by atoms with Gasteiger partial charge in [0.2, 0.25) is 5.91 Å². The van der Waals surface area contributed by atoms with Crippen LogP contribution in [0, 0.1) is 6.92 Å². The minimum Gasteiger partial charge on any atom is -0.273 e. The first-order chi connectivity index (χ1) is 12.1. The maximum atomic E-state index is 12.0. The summed E-state index contributed by atoms with van der Waals surface area (Å²) in [4.78, 5) is 28.4. The van der Waals surface area contributed by atoms with E-state index in [9.17, 15) is 9.59 Å². The summed E-state index contributed by atoms with van der Waals surface area (Å²) in [5, 5.41) is 2.72. The highest BCUT2D eigenvalue weighted by Gasteiger charge is 2.10. The second-order valence-corrected chi connectivity index (χ2v) is 6.41. The maximum absolute atomic E-state index is 12.0. The molecule has 0 saturated heterocycles. The summed E-state index contributed by atoms with van der Waals surface area (Å²) in [6, 6.07) is 16.9. The molecule has 0 saturated carbocycles. The molecule has 126 valence electrons. The number of carbonyl (C=O) groups is 2. The zero-order valence-corrected chi connectivity index (χ0v) is 14.5. The maximum Gasteiger partial charge on any atom is 0.269 e. The molecule has 5 nitrogen and oxygen atoms in total. The highest BCUT2D eigenvalue weighted by Crippen LogP contribution is 2.23. The highest BCUT2D eigenvalue weighted by molar-refractivity contribution is 7.13. The van der Waals surface area contributed by atoms with Crippen LogP contribution in [0.5, 0.6) is 0 Å².